The maximum absolute atomic E-state index is 13.3. The molecule has 1 N–H and O–H groups in total. The number of rotatable bonds is 8. The third-order valence-corrected chi connectivity index (χ3v) is 3.36. The van der Waals surface area contributed by atoms with Crippen LogP contribution in [0.1, 0.15) is 19.4 Å². The number of anilines is 1. The van der Waals surface area contributed by atoms with Crippen molar-refractivity contribution in [2.75, 3.05) is 37.0 Å². The Kier molecular flexibility index (Phi) is 7.16. The summed E-state index contributed by atoms with van der Waals surface area (Å²) in [5.41, 5.74) is 0.921. The van der Waals surface area contributed by atoms with Gasteiger partial charge in [0.25, 0.3) is 0 Å². The number of nitrogens with one attached hydrogen (secondary N) is 1. The molecular formula is C14H24FN3S. The van der Waals surface area contributed by atoms with Crippen molar-refractivity contribution in [1.29, 1.82) is 0 Å². The van der Waals surface area contributed by atoms with Gasteiger partial charge in [-0.15, -0.1) is 0 Å². The van der Waals surface area contributed by atoms with Gasteiger partial charge in [0, 0.05) is 31.5 Å². The molecule has 3 nitrogen and oxygen atoms in total. The van der Waals surface area contributed by atoms with E-state index in [4.69, 9.17) is 0 Å². The molecule has 0 unspecified atom stereocenters. The summed E-state index contributed by atoms with van der Waals surface area (Å²) in [6.07, 6.45) is 3.37. The Morgan fingerprint density at radius 3 is 2.84 bits per heavy atom. The van der Waals surface area contributed by atoms with Crippen molar-refractivity contribution in [1.82, 2.24) is 10.3 Å². The van der Waals surface area contributed by atoms with Crippen LogP contribution in [0.25, 0.3) is 0 Å². The summed E-state index contributed by atoms with van der Waals surface area (Å²) in [5.74, 6) is 2.21. The fourth-order valence-corrected chi connectivity index (χ4v) is 2.23. The highest BCUT2D eigenvalue weighted by Gasteiger charge is 2.10. The highest BCUT2D eigenvalue weighted by atomic mass is 32.2. The molecule has 0 saturated heterocycles. The van der Waals surface area contributed by atoms with Crippen molar-refractivity contribution < 1.29 is 4.39 Å². The van der Waals surface area contributed by atoms with Gasteiger partial charge >= 0.3 is 0 Å². The van der Waals surface area contributed by atoms with E-state index in [2.05, 4.69) is 35.3 Å². The second kappa shape index (κ2) is 8.38. The van der Waals surface area contributed by atoms with Crippen LogP contribution in [0.3, 0.4) is 0 Å². The lowest BCUT2D eigenvalue weighted by Crippen LogP contribution is -2.25. The van der Waals surface area contributed by atoms with Gasteiger partial charge in [0.1, 0.15) is 11.6 Å². The summed E-state index contributed by atoms with van der Waals surface area (Å²) in [7, 11) is 2.00. The van der Waals surface area contributed by atoms with E-state index in [-0.39, 0.29) is 5.82 Å². The number of aromatic nitrogens is 1. The Balaban J connectivity index is 2.73. The quantitative estimate of drug-likeness (QED) is 0.795. The van der Waals surface area contributed by atoms with Gasteiger partial charge in [-0.2, -0.15) is 11.8 Å². The molecule has 19 heavy (non-hydrogen) atoms. The normalized spacial score (nSPS) is 11.1. The highest BCUT2D eigenvalue weighted by Crippen LogP contribution is 2.17. The molecular weight excluding hydrogens is 261 g/mol. The standard InChI is InChI=1S/C14H24FN3S/c1-11(2)8-16-9-12-7-13(15)10-17-14(12)18(3)5-6-19-4/h7,10-11,16H,5-6,8-9H2,1-4H3. The van der Waals surface area contributed by atoms with E-state index in [1.807, 2.05) is 7.05 Å². The van der Waals surface area contributed by atoms with Gasteiger partial charge in [0.2, 0.25) is 0 Å². The summed E-state index contributed by atoms with van der Waals surface area (Å²) in [6, 6.07) is 1.57. The topological polar surface area (TPSA) is 28.2 Å². The van der Waals surface area contributed by atoms with E-state index in [0.29, 0.717) is 12.5 Å². The molecule has 0 bridgehead atoms. The van der Waals surface area contributed by atoms with Crippen molar-refractivity contribution >= 4 is 17.6 Å². The van der Waals surface area contributed by atoms with Crippen LogP contribution in [0, 0.1) is 11.7 Å². The molecule has 0 aliphatic rings. The summed E-state index contributed by atoms with van der Waals surface area (Å²) in [4.78, 5) is 6.32. The van der Waals surface area contributed by atoms with Crippen LogP contribution in [0.2, 0.25) is 0 Å². The van der Waals surface area contributed by atoms with E-state index in [1.54, 1.807) is 17.8 Å². The molecule has 1 heterocycles. The van der Waals surface area contributed by atoms with Crippen LogP contribution in [-0.4, -0.2) is 37.1 Å². The molecule has 0 fully saturated rings. The molecule has 1 aromatic rings. The van der Waals surface area contributed by atoms with Crippen molar-refractivity contribution in [3.63, 3.8) is 0 Å². The molecule has 0 amide bonds. The number of thioether (sulfide) groups is 1. The van der Waals surface area contributed by atoms with E-state index < -0.39 is 0 Å². The minimum Gasteiger partial charge on any atom is -0.359 e. The van der Waals surface area contributed by atoms with Crippen LogP contribution in [-0.2, 0) is 6.54 Å². The Morgan fingerprint density at radius 2 is 2.21 bits per heavy atom. The van der Waals surface area contributed by atoms with E-state index in [1.165, 1.54) is 6.20 Å². The van der Waals surface area contributed by atoms with Gasteiger partial charge < -0.3 is 10.2 Å². The van der Waals surface area contributed by atoms with E-state index in [9.17, 15) is 4.39 Å². The van der Waals surface area contributed by atoms with E-state index >= 15 is 0 Å². The average molecular weight is 285 g/mol. The van der Waals surface area contributed by atoms with Gasteiger partial charge in [-0.1, -0.05) is 13.8 Å². The fraction of sp³-hybridized carbons (Fsp3) is 0.643. The maximum atomic E-state index is 13.3. The smallest absolute Gasteiger partial charge is 0.141 e. The SMILES string of the molecule is CSCCN(C)c1ncc(F)cc1CNCC(C)C. The van der Waals surface area contributed by atoms with Crippen molar-refractivity contribution in [2.45, 2.75) is 20.4 Å². The predicted octanol–water partition coefficient (Wildman–Crippen LogP) is 2.77. The van der Waals surface area contributed by atoms with Gasteiger partial charge in [-0.05, 0) is 24.8 Å². The molecule has 0 spiro atoms. The monoisotopic (exact) mass is 285 g/mol. The first kappa shape index (κ1) is 16.2. The van der Waals surface area contributed by atoms with Crippen LogP contribution < -0.4 is 10.2 Å². The lowest BCUT2D eigenvalue weighted by Gasteiger charge is -2.21. The van der Waals surface area contributed by atoms with Crippen molar-refractivity contribution in [3.8, 4) is 0 Å². The summed E-state index contributed by atoms with van der Waals surface area (Å²) >= 11 is 1.80. The average Bonchev–Trinajstić information content (AvgIpc) is 2.35. The third-order valence-electron chi connectivity index (χ3n) is 2.77. The van der Waals surface area contributed by atoms with Crippen LogP contribution in [0.15, 0.2) is 12.3 Å². The molecule has 0 atom stereocenters. The minimum absolute atomic E-state index is 0.275. The Morgan fingerprint density at radius 1 is 1.47 bits per heavy atom. The molecule has 1 rings (SSSR count). The van der Waals surface area contributed by atoms with Gasteiger partial charge in [-0.25, -0.2) is 9.37 Å². The lowest BCUT2D eigenvalue weighted by molar-refractivity contribution is 0.548. The van der Waals surface area contributed by atoms with Crippen LogP contribution >= 0.6 is 11.8 Å². The van der Waals surface area contributed by atoms with Crippen molar-refractivity contribution in [3.05, 3.63) is 23.6 Å². The van der Waals surface area contributed by atoms with Crippen molar-refractivity contribution in [2.24, 2.45) is 5.92 Å². The molecule has 108 valence electrons. The number of nitrogens with zero attached hydrogens (tertiary/aromatic N) is 2. The summed E-state index contributed by atoms with van der Waals surface area (Å²) < 4.78 is 13.3. The van der Waals surface area contributed by atoms with Gasteiger partial charge in [0.15, 0.2) is 0 Å². The molecule has 0 aromatic carbocycles. The lowest BCUT2D eigenvalue weighted by atomic mass is 10.2. The summed E-state index contributed by atoms with van der Waals surface area (Å²) in [6.45, 7) is 6.80. The van der Waals surface area contributed by atoms with Crippen LogP contribution in [0.4, 0.5) is 10.2 Å². The first-order valence-electron chi connectivity index (χ1n) is 6.59. The first-order chi connectivity index (χ1) is 9.04. The van der Waals surface area contributed by atoms with Crippen LogP contribution in [0.5, 0.6) is 0 Å². The fourth-order valence-electron chi connectivity index (χ4n) is 1.78. The molecule has 0 saturated carbocycles. The maximum Gasteiger partial charge on any atom is 0.141 e. The predicted molar refractivity (Wildman–Crippen MR) is 82.4 cm³/mol. The van der Waals surface area contributed by atoms with E-state index in [0.717, 1.165) is 30.2 Å². The van der Waals surface area contributed by atoms with Gasteiger partial charge in [0.05, 0.1) is 6.20 Å². The Labute approximate surface area is 120 Å². The number of pyridine rings is 1. The Hall–Kier alpha value is -0.810. The largest absolute Gasteiger partial charge is 0.359 e. The molecule has 0 aliphatic heterocycles. The minimum atomic E-state index is -0.275. The van der Waals surface area contributed by atoms with Gasteiger partial charge in [-0.3, -0.25) is 0 Å². The number of hydrogen-bond acceptors (Lipinski definition) is 4. The molecule has 1 aromatic heterocycles. The molecule has 0 radical (unpaired) electrons. The third kappa shape index (κ3) is 5.78. The summed E-state index contributed by atoms with van der Waals surface area (Å²) in [5, 5.41) is 3.34. The number of hydrogen-bond donors (Lipinski definition) is 1. The first-order valence-corrected chi connectivity index (χ1v) is 7.99. The zero-order chi connectivity index (χ0) is 14.3. The Bertz CT molecular complexity index is 385. The second-order valence-corrected chi connectivity index (χ2v) is 6.06. The molecule has 5 heteroatoms. The molecule has 0 aliphatic carbocycles. The zero-order valence-corrected chi connectivity index (χ0v) is 13.1. The number of halogens is 1. The second-order valence-electron chi connectivity index (χ2n) is 5.08. The highest BCUT2D eigenvalue weighted by molar-refractivity contribution is 7.98. The zero-order valence-electron chi connectivity index (χ0n) is 12.2.